The van der Waals surface area contributed by atoms with Gasteiger partial charge in [-0.3, -0.25) is 14.9 Å². The number of amides is 2. The van der Waals surface area contributed by atoms with Crippen molar-refractivity contribution in [2.24, 2.45) is 0 Å². The molecule has 0 aliphatic rings. The molecule has 1 rings (SSSR count). The molecule has 1 unspecified atom stereocenters. The monoisotopic (exact) mass is 421 g/mol. The van der Waals surface area contributed by atoms with Crippen LogP contribution in [0.3, 0.4) is 0 Å². The molecular weight excluding hydrogens is 390 g/mol. The Labute approximate surface area is 176 Å². The van der Waals surface area contributed by atoms with Gasteiger partial charge in [-0.1, -0.05) is 43.7 Å². The molecule has 2 amide bonds. The second kappa shape index (κ2) is 12.0. The van der Waals surface area contributed by atoms with Crippen LogP contribution in [0, 0.1) is 0 Å². The van der Waals surface area contributed by atoms with Crippen LogP contribution in [0.25, 0.3) is 0 Å². The molecule has 0 bridgehead atoms. The molecule has 166 valence electrons. The van der Waals surface area contributed by atoms with E-state index in [9.17, 15) is 24.3 Å². The molecule has 9 nitrogen and oxygen atoms in total. The van der Waals surface area contributed by atoms with Crippen LogP contribution >= 0.6 is 0 Å². The lowest BCUT2D eigenvalue weighted by molar-refractivity contribution is -0.132. The number of ketones is 1. The Hall–Kier alpha value is -2.78. The van der Waals surface area contributed by atoms with Crippen molar-refractivity contribution in [2.45, 2.75) is 64.4 Å². The van der Waals surface area contributed by atoms with Crippen LogP contribution in [0.1, 0.15) is 52.1 Å². The molecule has 9 heteroatoms. The highest BCUT2D eigenvalue weighted by molar-refractivity contribution is 5.91. The number of Topliss-reactive ketones (excluding diaryl/α,β-unsaturated/α-hetero) is 1. The average molecular weight is 421 g/mol. The molecule has 0 heterocycles. The summed E-state index contributed by atoms with van der Waals surface area (Å²) >= 11 is 0. The second-order valence-corrected chi connectivity index (χ2v) is 7.77. The lowest BCUT2D eigenvalue weighted by atomic mass is 10.1. The molecule has 0 fully saturated rings. The van der Waals surface area contributed by atoms with Gasteiger partial charge in [-0.25, -0.2) is 4.79 Å². The fourth-order valence-electron chi connectivity index (χ4n) is 2.59. The predicted octanol–water partition coefficient (Wildman–Crippen LogP) is 1.21. The van der Waals surface area contributed by atoms with Gasteiger partial charge in [-0.2, -0.15) is 0 Å². The third kappa shape index (κ3) is 9.15. The van der Waals surface area contributed by atoms with Crippen LogP contribution in [0.4, 0.5) is 4.79 Å². The Balaban J connectivity index is 2.60. The number of aliphatic hydroxyl groups is 1. The first-order valence-corrected chi connectivity index (χ1v) is 9.81. The van der Waals surface area contributed by atoms with Gasteiger partial charge >= 0.3 is 6.09 Å². The Bertz CT molecular complexity index is 717. The Morgan fingerprint density at radius 1 is 1.13 bits per heavy atom. The highest BCUT2D eigenvalue weighted by Crippen LogP contribution is 2.10. The molecule has 0 aliphatic carbocycles. The van der Waals surface area contributed by atoms with Crippen molar-refractivity contribution in [3.63, 3.8) is 0 Å². The summed E-state index contributed by atoms with van der Waals surface area (Å²) in [6.07, 6.45) is -0.969. The van der Waals surface area contributed by atoms with Crippen LogP contribution in [0.15, 0.2) is 30.3 Å². The first-order valence-electron chi connectivity index (χ1n) is 9.81. The van der Waals surface area contributed by atoms with Crippen molar-refractivity contribution in [1.29, 1.82) is 0 Å². The molecule has 0 radical (unpaired) electrons. The van der Waals surface area contributed by atoms with Crippen molar-refractivity contribution in [3.05, 3.63) is 35.9 Å². The van der Waals surface area contributed by atoms with E-state index in [0.29, 0.717) is 24.7 Å². The zero-order valence-electron chi connectivity index (χ0n) is 17.8. The maximum Gasteiger partial charge on any atom is 0.408 e. The normalized spacial score (nSPS) is 14.2. The fourth-order valence-corrected chi connectivity index (χ4v) is 2.59. The fraction of sp³-hybridized carbons (Fsp3) is 0.524. The van der Waals surface area contributed by atoms with Gasteiger partial charge in [-0.05, 0) is 32.8 Å². The lowest BCUT2D eigenvalue weighted by Gasteiger charge is -2.24. The summed E-state index contributed by atoms with van der Waals surface area (Å²) in [5.74, 6) is -1.26. The first-order chi connectivity index (χ1) is 14.1. The van der Waals surface area contributed by atoms with E-state index in [1.807, 2.05) is 6.92 Å². The van der Waals surface area contributed by atoms with E-state index in [2.05, 4.69) is 16.0 Å². The topological polar surface area (TPSA) is 134 Å². The summed E-state index contributed by atoms with van der Waals surface area (Å²) in [4.78, 5) is 47.8. The van der Waals surface area contributed by atoms with E-state index in [4.69, 9.17) is 4.74 Å². The smallest absolute Gasteiger partial charge is 0.408 e. The molecule has 0 spiro atoms. The Morgan fingerprint density at radius 2 is 1.77 bits per heavy atom. The average Bonchev–Trinajstić information content (AvgIpc) is 2.68. The lowest BCUT2D eigenvalue weighted by Crippen LogP contribution is -2.52. The summed E-state index contributed by atoms with van der Waals surface area (Å²) < 4.78 is 5.14. The second-order valence-electron chi connectivity index (χ2n) is 7.77. The number of ether oxygens (including phenoxy) is 1. The van der Waals surface area contributed by atoms with Gasteiger partial charge in [0.1, 0.15) is 17.9 Å². The number of nitrogens with one attached hydrogen (secondary N) is 3. The molecule has 0 saturated carbocycles. The van der Waals surface area contributed by atoms with Gasteiger partial charge in [0.25, 0.3) is 0 Å². The van der Waals surface area contributed by atoms with E-state index in [0.717, 1.165) is 0 Å². The van der Waals surface area contributed by atoms with E-state index in [1.165, 1.54) is 0 Å². The third-order valence-electron chi connectivity index (χ3n) is 3.95. The molecule has 1 aromatic carbocycles. The molecule has 1 aromatic rings. The number of hydrogen-bond donors (Lipinski definition) is 4. The van der Waals surface area contributed by atoms with E-state index in [-0.39, 0.29) is 0 Å². The van der Waals surface area contributed by atoms with Gasteiger partial charge in [-0.15, -0.1) is 0 Å². The minimum atomic E-state index is -1.67. The summed E-state index contributed by atoms with van der Waals surface area (Å²) in [6, 6.07) is 6.85. The largest absolute Gasteiger partial charge is 0.444 e. The highest BCUT2D eigenvalue weighted by Gasteiger charge is 2.28. The standard InChI is InChI=1S/C21H31N3O6/c1-5-9-15(24-20(29)30-21(2,3)4)18(27)19(28)22-12-17(26)23-16(13-25)14-10-7-6-8-11-14/h6-8,10-11,13,15-16,19,22,28H,5,9,12H2,1-4H3,(H,23,26)(H,24,29)/t15?,16-,19+/m1/s1. The summed E-state index contributed by atoms with van der Waals surface area (Å²) in [5.41, 5.74) is -0.116. The molecule has 0 aliphatic heterocycles. The number of benzene rings is 1. The highest BCUT2D eigenvalue weighted by atomic mass is 16.6. The van der Waals surface area contributed by atoms with Crippen molar-refractivity contribution < 1.29 is 29.0 Å². The SMILES string of the molecule is CCCC(NC(=O)OC(C)(C)C)C(=O)[C@H](O)NCC(=O)N[C@H](C=O)c1ccccc1. The number of carbonyl (C=O) groups excluding carboxylic acids is 4. The molecule has 0 saturated heterocycles. The van der Waals surface area contributed by atoms with Gasteiger partial charge in [0.05, 0.1) is 12.6 Å². The van der Waals surface area contributed by atoms with Crippen molar-refractivity contribution in [2.75, 3.05) is 6.54 Å². The van der Waals surface area contributed by atoms with Crippen LogP contribution in [-0.2, 0) is 19.1 Å². The predicted molar refractivity (Wildman–Crippen MR) is 110 cm³/mol. The quantitative estimate of drug-likeness (QED) is 0.312. The maximum absolute atomic E-state index is 12.5. The zero-order chi connectivity index (χ0) is 22.7. The zero-order valence-corrected chi connectivity index (χ0v) is 17.8. The Kier molecular flexibility index (Phi) is 10.1. The van der Waals surface area contributed by atoms with Crippen molar-refractivity contribution in [3.8, 4) is 0 Å². The van der Waals surface area contributed by atoms with Crippen LogP contribution in [-0.4, -0.2) is 53.6 Å². The summed E-state index contributed by atoms with van der Waals surface area (Å²) in [6.45, 7) is 6.52. The van der Waals surface area contributed by atoms with Gasteiger partial charge in [0.2, 0.25) is 5.91 Å². The molecule has 4 N–H and O–H groups in total. The number of carbonyl (C=O) groups is 4. The van der Waals surface area contributed by atoms with E-state index in [1.54, 1.807) is 51.1 Å². The first kappa shape index (κ1) is 25.3. The van der Waals surface area contributed by atoms with Crippen molar-refractivity contribution >= 4 is 24.1 Å². The van der Waals surface area contributed by atoms with Gasteiger partial charge in [0.15, 0.2) is 12.0 Å². The molecule has 3 atom stereocenters. The third-order valence-corrected chi connectivity index (χ3v) is 3.95. The van der Waals surface area contributed by atoms with E-state index >= 15 is 0 Å². The molecule has 0 aromatic heterocycles. The van der Waals surface area contributed by atoms with Gasteiger partial charge in [0, 0.05) is 0 Å². The summed E-state index contributed by atoms with van der Waals surface area (Å²) in [7, 11) is 0. The number of hydrogen-bond acceptors (Lipinski definition) is 7. The number of aliphatic hydroxyl groups excluding tert-OH is 1. The van der Waals surface area contributed by atoms with E-state index < -0.39 is 48.2 Å². The molecule has 30 heavy (non-hydrogen) atoms. The van der Waals surface area contributed by atoms with Crippen LogP contribution in [0.5, 0.6) is 0 Å². The van der Waals surface area contributed by atoms with Gasteiger partial charge < -0.3 is 25.3 Å². The summed E-state index contributed by atoms with van der Waals surface area (Å²) in [5, 5.41) is 17.5. The minimum absolute atomic E-state index is 0.296. The van der Waals surface area contributed by atoms with Crippen molar-refractivity contribution in [1.82, 2.24) is 16.0 Å². The van der Waals surface area contributed by atoms with Crippen LogP contribution < -0.4 is 16.0 Å². The number of rotatable bonds is 11. The maximum atomic E-state index is 12.5. The van der Waals surface area contributed by atoms with Crippen LogP contribution in [0.2, 0.25) is 0 Å². The number of alkyl carbamates (subject to hydrolysis) is 1. The molecular formula is C21H31N3O6. The number of aldehydes is 1. The minimum Gasteiger partial charge on any atom is -0.444 e. The Morgan fingerprint density at radius 3 is 2.30 bits per heavy atom.